The molecule has 4 aliphatic carbocycles. The van der Waals surface area contributed by atoms with Gasteiger partial charge in [0.25, 0.3) is 0 Å². The van der Waals surface area contributed by atoms with Crippen LogP contribution in [0, 0.1) is 23.7 Å². The number of fused-ring (bicyclic) bond motifs is 1. The van der Waals surface area contributed by atoms with Crippen LogP contribution in [0.2, 0.25) is 10.2 Å². The normalized spacial score (nSPS) is 37.5. The van der Waals surface area contributed by atoms with E-state index in [1.807, 2.05) is 6.07 Å². The third-order valence-electron chi connectivity index (χ3n) is 5.94. The van der Waals surface area contributed by atoms with Gasteiger partial charge in [-0.3, -0.25) is 0 Å². The minimum atomic E-state index is 0.340. The van der Waals surface area contributed by atoms with Crippen LogP contribution in [0.1, 0.15) is 43.8 Å². The van der Waals surface area contributed by atoms with Crippen molar-refractivity contribution in [2.24, 2.45) is 23.7 Å². The van der Waals surface area contributed by atoms with E-state index >= 15 is 0 Å². The first-order valence-electron chi connectivity index (χ1n) is 7.89. The molecule has 1 N–H and O–H groups in total. The lowest BCUT2D eigenvalue weighted by atomic mass is 9.52. The Hall–Kier alpha value is -0.800. The van der Waals surface area contributed by atoms with Gasteiger partial charge in [-0.1, -0.05) is 23.2 Å². The summed E-state index contributed by atoms with van der Waals surface area (Å²) in [6, 6.07) is 1.85. The molecule has 4 aliphatic rings. The minimum absolute atomic E-state index is 0.340. The van der Waals surface area contributed by atoms with Gasteiger partial charge in [-0.15, -0.1) is 0 Å². The topological polar surface area (TPSA) is 41.6 Å². The van der Waals surface area contributed by atoms with E-state index < -0.39 is 0 Å². The summed E-state index contributed by atoms with van der Waals surface area (Å²) in [6.45, 7) is 0. The van der Waals surface area contributed by atoms with Crippen molar-refractivity contribution in [1.29, 1.82) is 0 Å². The highest BCUT2D eigenvalue weighted by Gasteiger charge is 2.49. The lowest BCUT2D eigenvalue weighted by Crippen LogP contribution is -2.44. The van der Waals surface area contributed by atoms with Crippen LogP contribution in [0.5, 0.6) is 0 Å². The number of aromatic amines is 1. The molecule has 0 spiro atoms. The summed E-state index contributed by atoms with van der Waals surface area (Å²) in [4.78, 5) is 12.5. The van der Waals surface area contributed by atoms with Crippen molar-refractivity contribution in [2.45, 2.75) is 38.0 Å². The third kappa shape index (κ3) is 1.86. The molecule has 4 fully saturated rings. The molecular weight excluding hydrogens is 305 g/mol. The Balaban J connectivity index is 1.58. The van der Waals surface area contributed by atoms with Crippen LogP contribution in [0.25, 0.3) is 11.2 Å². The monoisotopic (exact) mass is 321 g/mol. The lowest BCUT2D eigenvalue weighted by molar-refractivity contribution is -0.00529. The third-order valence-corrected chi connectivity index (χ3v) is 6.62. The number of hydrogen-bond acceptors (Lipinski definition) is 2. The largest absolute Gasteiger partial charge is 0.340 e. The summed E-state index contributed by atoms with van der Waals surface area (Å²) < 4.78 is 0. The second-order valence-electron chi connectivity index (χ2n) is 7.21. The fourth-order valence-corrected chi connectivity index (χ4v) is 5.73. The number of imidazole rings is 1. The van der Waals surface area contributed by atoms with E-state index in [1.54, 1.807) is 0 Å². The van der Waals surface area contributed by atoms with E-state index in [0.29, 0.717) is 21.7 Å². The fraction of sp³-hybridized carbons (Fsp3) is 0.625. The Labute approximate surface area is 133 Å². The van der Waals surface area contributed by atoms with Gasteiger partial charge < -0.3 is 4.98 Å². The Morgan fingerprint density at radius 1 is 0.952 bits per heavy atom. The van der Waals surface area contributed by atoms with E-state index in [1.165, 1.54) is 32.1 Å². The van der Waals surface area contributed by atoms with Crippen molar-refractivity contribution < 1.29 is 0 Å². The van der Waals surface area contributed by atoms with Gasteiger partial charge in [-0.05, 0) is 61.8 Å². The number of nitrogens with zero attached hydrogens (tertiary/aromatic N) is 2. The smallest absolute Gasteiger partial charge is 0.179 e. The number of aromatic nitrogens is 3. The van der Waals surface area contributed by atoms with Gasteiger partial charge in [0, 0.05) is 5.92 Å². The highest BCUT2D eigenvalue weighted by molar-refractivity contribution is 6.41. The van der Waals surface area contributed by atoms with Crippen molar-refractivity contribution in [3.05, 3.63) is 22.1 Å². The summed E-state index contributed by atoms with van der Waals surface area (Å²) in [6.07, 6.45) is 7.05. The van der Waals surface area contributed by atoms with Crippen molar-refractivity contribution in [3.63, 3.8) is 0 Å². The molecule has 21 heavy (non-hydrogen) atoms. The van der Waals surface area contributed by atoms with E-state index in [4.69, 9.17) is 28.2 Å². The van der Waals surface area contributed by atoms with Crippen LogP contribution < -0.4 is 0 Å². The highest BCUT2D eigenvalue weighted by Crippen LogP contribution is 2.59. The highest BCUT2D eigenvalue weighted by atomic mass is 35.5. The Morgan fingerprint density at radius 3 is 2.29 bits per heavy atom. The maximum Gasteiger partial charge on any atom is 0.179 e. The summed E-state index contributed by atoms with van der Waals surface area (Å²) in [7, 11) is 0. The average Bonchev–Trinajstić information content (AvgIpc) is 2.80. The van der Waals surface area contributed by atoms with Crippen LogP contribution >= 0.6 is 23.2 Å². The molecule has 4 saturated carbocycles. The fourth-order valence-electron chi connectivity index (χ4n) is 5.44. The molecule has 0 aromatic carbocycles. The first kappa shape index (κ1) is 12.7. The van der Waals surface area contributed by atoms with E-state index in [0.717, 1.165) is 35.0 Å². The quantitative estimate of drug-likeness (QED) is 0.766. The molecular formula is C16H17Cl2N3. The van der Waals surface area contributed by atoms with Gasteiger partial charge in [0.05, 0.1) is 10.5 Å². The van der Waals surface area contributed by atoms with Gasteiger partial charge in [-0.2, -0.15) is 0 Å². The predicted octanol–water partition coefficient (Wildman–Crippen LogP) is 4.80. The predicted molar refractivity (Wildman–Crippen MR) is 83.7 cm³/mol. The number of hydrogen-bond donors (Lipinski definition) is 1. The second kappa shape index (κ2) is 4.36. The van der Waals surface area contributed by atoms with Crippen LogP contribution in [0.4, 0.5) is 0 Å². The molecule has 0 atom stereocenters. The van der Waals surface area contributed by atoms with Gasteiger partial charge in [0.15, 0.2) is 5.65 Å². The van der Waals surface area contributed by atoms with Crippen molar-refractivity contribution in [3.8, 4) is 0 Å². The summed E-state index contributed by atoms with van der Waals surface area (Å²) in [5.41, 5.74) is 1.61. The van der Waals surface area contributed by atoms with Crippen LogP contribution in [0.15, 0.2) is 6.07 Å². The molecule has 2 heterocycles. The molecule has 6 rings (SSSR count). The Bertz CT molecular complexity index is 657. The molecule has 110 valence electrons. The van der Waals surface area contributed by atoms with Crippen LogP contribution in [-0.2, 0) is 0 Å². The minimum Gasteiger partial charge on any atom is -0.340 e. The van der Waals surface area contributed by atoms with E-state index in [2.05, 4.69) is 9.97 Å². The maximum atomic E-state index is 6.06. The number of halogens is 2. The molecule has 0 amide bonds. The van der Waals surface area contributed by atoms with Gasteiger partial charge in [0.1, 0.15) is 11.0 Å². The maximum absolute atomic E-state index is 6.06. The zero-order valence-electron chi connectivity index (χ0n) is 11.6. The number of nitrogens with one attached hydrogen (secondary N) is 1. The summed E-state index contributed by atoms with van der Waals surface area (Å²) in [5, 5.41) is 0.830. The van der Waals surface area contributed by atoms with Crippen LogP contribution in [-0.4, -0.2) is 15.0 Å². The molecule has 0 aliphatic heterocycles. The number of H-pyrrole nitrogens is 1. The van der Waals surface area contributed by atoms with Crippen molar-refractivity contribution in [2.75, 3.05) is 0 Å². The molecule has 0 radical (unpaired) electrons. The first-order valence-corrected chi connectivity index (χ1v) is 8.64. The molecule has 3 nitrogen and oxygen atoms in total. The average molecular weight is 322 g/mol. The zero-order valence-corrected chi connectivity index (χ0v) is 13.2. The second-order valence-corrected chi connectivity index (χ2v) is 7.98. The first-order chi connectivity index (χ1) is 10.2. The zero-order chi connectivity index (χ0) is 14.1. The molecule has 0 unspecified atom stereocenters. The molecule has 0 saturated heterocycles. The summed E-state index contributed by atoms with van der Waals surface area (Å²) >= 11 is 12.1. The number of rotatable bonds is 1. The van der Waals surface area contributed by atoms with Gasteiger partial charge >= 0.3 is 0 Å². The van der Waals surface area contributed by atoms with Crippen LogP contribution in [0.3, 0.4) is 0 Å². The summed E-state index contributed by atoms with van der Waals surface area (Å²) in [5.74, 6) is 5.29. The number of pyridine rings is 1. The molecule has 2 aromatic heterocycles. The Kier molecular flexibility index (Phi) is 2.64. The van der Waals surface area contributed by atoms with Crippen molar-refractivity contribution >= 4 is 34.4 Å². The van der Waals surface area contributed by atoms with E-state index in [9.17, 15) is 0 Å². The lowest BCUT2D eigenvalue weighted by Gasteiger charge is -2.53. The van der Waals surface area contributed by atoms with Gasteiger partial charge in [-0.25, -0.2) is 9.97 Å². The van der Waals surface area contributed by atoms with E-state index in [-0.39, 0.29) is 0 Å². The Morgan fingerprint density at radius 2 is 1.62 bits per heavy atom. The van der Waals surface area contributed by atoms with Crippen molar-refractivity contribution in [1.82, 2.24) is 15.0 Å². The molecule has 5 heteroatoms. The molecule has 4 bridgehead atoms. The SMILES string of the molecule is Clc1cc2[nH]c(C3C4CC5CC(C4)CC3C5)nc2nc1Cl. The molecule has 2 aromatic rings. The standard InChI is InChI=1S/C16H17Cl2N3/c17-11-6-12-15(20-14(11)18)21-16(19-12)13-9-2-7-1-8(4-9)5-10(13)3-7/h6-10,13H,1-5H2,(H,19,20,21). The van der Waals surface area contributed by atoms with Gasteiger partial charge in [0.2, 0.25) is 0 Å².